The first kappa shape index (κ1) is 17.0. The van der Waals surface area contributed by atoms with Crippen LogP contribution in [0, 0.1) is 19.3 Å². The normalized spacial score (nSPS) is 10.9. The second-order valence-electron chi connectivity index (χ2n) is 5.91. The number of hydrogen-bond donors (Lipinski definition) is 1. The van der Waals surface area contributed by atoms with Crippen molar-refractivity contribution in [2.45, 2.75) is 33.6 Å². The molecular formula is C19H22N4O2. The lowest BCUT2D eigenvalue weighted by molar-refractivity contribution is 0.393. The molecule has 3 rings (SSSR count). The smallest absolute Gasteiger partial charge is 0.143 e. The van der Waals surface area contributed by atoms with E-state index in [2.05, 4.69) is 12.1 Å². The van der Waals surface area contributed by atoms with E-state index in [1.165, 1.54) is 6.21 Å². The molecule has 6 nitrogen and oxygen atoms in total. The molecule has 0 unspecified atom stereocenters. The lowest BCUT2D eigenvalue weighted by Crippen LogP contribution is -2.01. The Morgan fingerprint density at radius 1 is 1.24 bits per heavy atom. The largest absolute Gasteiger partial charge is 0.497 e. The van der Waals surface area contributed by atoms with E-state index in [0.717, 1.165) is 58.2 Å². The highest BCUT2D eigenvalue weighted by atomic mass is 16.5. The van der Waals surface area contributed by atoms with Crippen LogP contribution in [0.5, 0.6) is 5.75 Å². The van der Waals surface area contributed by atoms with Crippen molar-refractivity contribution in [1.82, 2.24) is 14.9 Å². The van der Waals surface area contributed by atoms with Crippen LogP contribution < -0.4 is 4.74 Å². The molecule has 2 aromatic heterocycles. The maximum Gasteiger partial charge on any atom is 0.143 e. The quantitative estimate of drug-likeness (QED) is 0.686. The van der Waals surface area contributed by atoms with Crippen LogP contribution in [0.3, 0.4) is 0 Å². The lowest BCUT2D eigenvalue weighted by atomic mass is 10.0. The van der Waals surface area contributed by atoms with E-state index < -0.39 is 0 Å². The standard InChI is InChI=1S/C19H22N4O2/c1-5-6-17-16(11-20)19(18-12(2)22-25-13(18)3)23(21-17)14-7-9-15(24-4)10-8-14/h7-11,20H,5-6H2,1-4H3. The van der Waals surface area contributed by atoms with E-state index in [9.17, 15) is 0 Å². The number of ether oxygens (including phenoxy) is 1. The van der Waals surface area contributed by atoms with Gasteiger partial charge in [-0.25, -0.2) is 4.68 Å². The molecule has 0 radical (unpaired) electrons. The van der Waals surface area contributed by atoms with Crippen molar-refractivity contribution in [3.05, 3.63) is 47.0 Å². The average molecular weight is 338 g/mol. The number of methoxy groups -OCH3 is 1. The maximum absolute atomic E-state index is 7.94. The van der Waals surface area contributed by atoms with Crippen LogP contribution in [0.4, 0.5) is 0 Å². The molecule has 0 aliphatic rings. The van der Waals surface area contributed by atoms with E-state index in [1.54, 1.807) is 7.11 Å². The van der Waals surface area contributed by atoms with Gasteiger partial charge in [-0.2, -0.15) is 5.10 Å². The molecule has 0 amide bonds. The summed E-state index contributed by atoms with van der Waals surface area (Å²) in [6.45, 7) is 5.90. The minimum atomic E-state index is 0.721. The summed E-state index contributed by atoms with van der Waals surface area (Å²) in [5, 5.41) is 16.8. The minimum absolute atomic E-state index is 0.721. The molecule has 130 valence electrons. The predicted octanol–water partition coefficient (Wildman–Crippen LogP) is 4.10. The highest BCUT2D eigenvalue weighted by Crippen LogP contribution is 2.33. The van der Waals surface area contributed by atoms with Crippen LogP contribution in [-0.2, 0) is 6.42 Å². The zero-order valence-corrected chi connectivity index (χ0v) is 15.0. The van der Waals surface area contributed by atoms with Gasteiger partial charge in [0.25, 0.3) is 0 Å². The van der Waals surface area contributed by atoms with Gasteiger partial charge in [-0.1, -0.05) is 18.5 Å². The molecule has 25 heavy (non-hydrogen) atoms. The average Bonchev–Trinajstić information content (AvgIpc) is 3.14. The third kappa shape index (κ3) is 2.95. The third-order valence-electron chi connectivity index (χ3n) is 4.22. The van der Waals surface area contributed by atoms with Crippen molar-refractivity contribution in [2.24, 2.45) is 0 Å². The number of nitrogens with one attached hydrogen (secondary N) is 1. The highest BCUT2D eigenvalue weighted by molar-refractivity contribution is 5.90. The summed E-state index contributed by atoms with van der Waals surface area (Å²) in [5.74, 6) is 1.51. The monoisotopic (exact) mass is 338 g/mol. The van der Waals surface area contributed by atoms with Gasteiger partial charge in [0.1, 0.15) is 11.5 Å². The van der Waals surface area contributed by atoms with Gasteiger partial charge in [-0.05, 0) is 44.5 Å². The molecule has 3 aromatic rings. The van der Waals surface area contributed by atoms with Gasteiger partial charge < -0.3 is 14.7 Å². The minimum Gasteiger partial charge on any atom is -0.497 e. The van der Waals surface area contributed by atoms with E-state index in [-0.39, 0.29) is 0 Å². The molecular weight excluding hydrogens is 316 g/mol. The zero-order valence-electron chi connectivity index (χ0n) is 15.0. The Kier molecular flexibility index (Phi) is 4.70. The first-order chi connectivity index (χ1) is 12.1. The Morgan fingerprint density at radius 2 is 1.96 bits per heavy atom. The summed E-state index contributed by atoms with van der Waals surface area (Å²) in [5.41, 5.74) is 5.15. The van der Waals surface area contributed by atoms with Crippen molar-refractivity contribution in [3.63, 3.8) is 0 Å². The van der Waals surface area contributed by atoms with Crippen LogP contribution in [0.1, 0.15) is 36.1 Å². The number of rotatable bonds is 6. The molecule has 6 heteroatoms. The van der Waals surface area contributed by atoms with E-state index in [1.807, 2.05) is 42.8 Å². The summed E-state index contributed by atoms with van der Waals surface area (Å²) in [6.07, 6.45) is 3.14. The van der Waals surface area contributed by atoms with Crippen LogP contribution in [0.25, 0.3) is 16.9 Å². The van der Waals surface area contributed by atoms with Crippen LogP contribution in [0.15, 0.2) is 28.8 Å². The first-order valence-electron chi connectivity index (χ1n) is 8.30. The fourth-order valence-electron chi connectivity index (χ4n) is 3.02. The molecule has 0 saturated heterocycles. The van der Waals surface area contributed by atoms with Gasteiger partial charge in [-0.15, -0.1) is 0 Å². The van der Waals surface area contributed by atoms with E-state index in [4.69, 9.17) is 19.8 Å². The van der Waals surface area contributed by atoms with Gasteiger partial charge in [0.15, 0.2) is 0 Å². The second-order valence-corrected chi connectivity index (χ2v) is 5.91. The van der Waals surface area contributed by atoms with Crippen molar-refractivity contribution in [1.29, 1.82) is 5.41 Å². The maximum atomic E-state index is 7.94. The molecule has 0 aliphatic heterocycles. The van der Waals surface area contributed by atoms with E-state index >= 15 is 0 Å². The molecule has 0 atom stereocenters. The van der Waals surface area contributed by atoms with Gasteiger partial charge in [0.05, 0.1) is 35.4 Å². The van der Waals surface area contributed by atoms with Crippen molar-refractivity contribution in [3.8, 4) is 22.7 Å². The topological polar surface area (TPSA) is 76.9 Å². The van der Waals surface area contributed by atoms with Crippen molar-refractivity contribution >= 4 is 6.21 Å². The molecule has 0 aliphatic carbocycles. The zero-order chi connectivity index (χ0) is 18.0. The number of aryl methyl sites for hydroxylation is 3. The first-order valence-corrected chi connectivity index (χ1v) is 8.30. The van der Waals surface area contributed by atoms with Crippen molar-refractivity contribution in [2.75, 3.05) is 7.11 Å². The van der Waals surface area contributed by atoms with Crippen LogP contribution in [-0.4, -0.2) is 28.3 Å². The summed E-state index contributed by atoms with van der Waals surface area (Å²) in [7, 11) is 1.64. The molecule has 0 bridgehead atoms. The summed E-state index contributed by atoms with van der Waals surface area (Å²) in [6, 6.07) is 7.71. The van der Waals surface area contributed by atoms with Crippen LogP contribution in [0.2, 0.25) is 0 Å². The summed E-state index contributed by atoms with van der Waals surface area (Å²) >= 11 is 0. The highest BCUT2D eigenvalue weighted by Gasteiger charge is 2.24. The molecule has 1 N–H and O–H groups in total. The third-order valence-corrected chi connectivity index (χ3v) is 4.22. The molecule has 0 spiro atoms. The van der Waals surface area contributed by atoms with Crippen LogP contribution >= 0.6 is 0 Å². The summed E-state index contributed by atoms with van der Waals surface area (Å²) < 4.78 is 12.5. The molecule has 0 fully saturated rings. The Balaban J connectivity index is 2.28. The van der Waals surface area contributed by atoms with Gasteiger partial charge >= 0.3 is 0 Å². The Bertz CT molecular complexity index is 872. The number of benzene rings is 1. The number of aromatic nitrogens is 3. The molecule has 0 saturated carbocycles. The SMILES string of the molecule is CCCc1nn(-c2ccc(OC)cc2)c(-c2c(C)noc2C)c1C=N. The number of hydrogen-bond acceptors (Lipinski definition) is 5. The molecule has 1 aromatic carbocycles. The fraction of sp³-hybridized carbons (Fsp3) is 0.316. The second kappa shape index (κ2) is 6.93. The van der Waals surface area contributed by atoms with Gasteiger partial charge in [0, 0.05) is 11.8 Å². The number of nitrogens with zero attached hydrogens (tertiary/aromatic N) is 3. The lowest BCUT2D eigenvalue weighted by Gasteiger charge is -2.09. The fourth-order valence-corrected chi connectivity index (χ4v) is 3.02. The summed E-state index contributed by atoms with van der Waals surface area (Å²) in [4.78, 5) is 0. The van der Waals surface area contributed by atoms with Crippen molar-refractivity contribution < 1.29 is 9.26 Å². The Hall–Kier alpha value is -2.89. The Labute approximate surface area is 146 Å². The predicted molar refractivity (Wildman–Crippen MR) is 97.0 cm³/mol. The van der Waals surface area contributed by atoms with Gasteiger partial charge in [-0.3, -0.25) is 0 Å². The van der Waals surface area contributed by atoms with Gasteiger partial charge in [0.2, 0.25) is 0 Å². The molecule has 2 heterocycles. The van der Waals surface area contributed by atoms with E-state index in [0.29, 0.717) is 0 Å². The Morgan fingerprint density at radius 3 is 2.48 bits per heavy atom.